The summed E-state index contributed by atoms with van der Waals surface area (Å²) < 4.78 is 11.2. The molecule has 130 valence electrons. The largest absolute Gasteiger partial charge is 0.490 e. The number of hydrogen-bond acceptors (Lipinski definition) is 6. The second-order valence-electron chi connectivity index (χ2n) is 5.54. The number of rotatable bonds is 5. The van der Waals surface area contributed by atoms with Crippen LogP contribution in [0.5, 0.6) is 11.5 Å². The van der Waals surface area contributed by atoms with Crippen molar-refractivity contribution in [3.05, 3.63) is 57.6 Å². The van der Waals surface area contributed by atoms with Crippen LogP contribution in [0.3, 0.4) is 0 Å². The number of nitrogens with one attached hydrogen (secondary N) is 1. The van der Waals surface area contributed by atoms with Crippen LogP contribution in [0.2, 0.25) is 0 Å². The molecule has 0 saturated heterocycles. The van der Waals surface area contributed by atoms with Gasteiger partial charge in [0.25, 0.3) is 5.69 Å². The normalized spacial score (nSPS) is 13.0. The molecule has 0 aliphatic carbocycles. The number of nitrogens with zero attached hydrogens (tertiary/aromatic N) is 1. The summed E-state index contributed by atoms with van der Waals surface area (Å²) in [5, 5.41) is 14.2. The molecule has 0 atom stereocenters. The second kappa shape index (κ2) is 7.08. The van der Waals surface area contributed by atoms with Crippen LogP contribution in [0.4, 0.5) is 11.4 Å². The SMILES string of the molecule is NC(=O)c1ccc(NCc2ccc3c(c2)OCCCO3)c([N+](=O)[O-])c1. The third kappa shape index (κ3) is 3.79. The van der Waals surface area contributed by atoms with E-state index >= 15 is 0 Å². The van der Waals surface area contributed by atoms with Crippen LogP contribution >= 0.6 is 0 Å². The van der Waals surface area contributed by atoms with Crippen LogP contribution in [0, 0.1) is 10.1 Å². The summed E-state index contributed by atoms with van der Waals surface area (Å²) in [6.45, 7) is 1.56. The van der Waals surface area contributed by atoms with Crippen molar-refractivity contribution in [3.63, 3.8) is 0 Å². The van der Waals surface area contributed by atoms with E-state index in [1.54, 1.807) is 0 Å². The smallest absolute Gasteiger partial charge is 0.293 e. The number of benzene rings is 2. The minimum Gasteiger partial charge on any atom is -0.490 e. The summed E-state index contributed by atoms with van der Waals surface area (Å²) in [5.74, 6) is 0.644. The van der Waals surface area contributed by atoms with Gasteiger partial charge >= 0.3 is 0 Å². The lowest BCUT2D eigenvalue weighted by Crippen LogP contribution is -2.12. The molecule has 0 unspecified atom stereocenters. The number of fused-ring (bicyclic) bond motifs is 1. The minimum absolute atomic E-state index is 0.0906. The van der Waals surface area contributed by atoms with Gasteiger partial charge in [0.2, 0.25) is 5.91 Å². The molecular weight excluding hydrogens is 326 g/mol. The van der Waals surface area contributed by atoms with E-state index in [1.165, 1.54) is 18.2 Å². The monoisotopic (exact) mass is 343 g/mol. The molecule has 2 aromatic rings. The van der Waals surface area contributed by atoms with E-state index < -0.39 is 10.8 Å². The van der Waals surface area contributed by atoms with E-state index in [0.29, 0.717) is 36.9 Å². The average Bonchev–Trinajstić information content (AvgIpc) is 2.84. The number of primary amides is 1. The van der Waals surface area contributed by atoms with E-state index in [4.69, 9.17) is 15.2 Å². The lowest BCUT2D eigenvalue weighted by molar-refractivity contribution is -0.384. The molecule has 2 aromatic carbocycles. The van der Waals surface area contributed by atoms with Gasteiger partial charge in [0.15, 0.2) is 11.5 Å². The minimum atomic E-state index is -0.711. The maximum atomic E-state index is 11.2. The fourth-order valence-corrected chi connectivity index (χ4v) is 2.50. The Bertz CT molecular complexity index is 822. The van der Waals surface area contributed by atoms with E-state index in [2.05, 4.69) is 5.32 Å². The van der Waals surface area contributed by atoms with E-state index in [0.717, 1.165) is 12.0 Å². The van der Waals surface area contributed by atoms with E-state index in [-0.39, 0.29) is 11.3 Å². The zero-order valence-electron chi connectivity index (χ0n) is 13.4. The third-order valence-corrected chi connectivity index (χ3v) is 3.77. The maximum absolute atomic E-state index is 11.2. The molecule has 25 heavy (non-hydrogen) atoms. The third-order valence-electron chi connectivity index (χ3n) is 3.77. The number of nitrogens with two attached hydrogens (primary N) is 1. The topological polar surface area (TPSA) is 117 Å². The molecule has 1 aliphatic heterocycles. The highest BCUT2D eigenvalue weighted by Crippen LogP contribution is 2.31. The predicted octanol–water partition coefficient (Wildman–Crippen LogP) is 2.47. The van der Waals surface area contributed by atoms with Gasteiger partial charge in [-0.1, -0.05) is 6.07 Å². The van der Waals surface area contributed by atoms with Gasteiger partial charge in [0.1, 0.15) is 5.69 Å². The Morgan fingerprint density at radius 2 is 1.92 bits per heavy atom. The first-order valence-electron chi connectivity index (χ1n) is 7.75. The first-order valence-corrected chi connectivity index (χ1v) is 7.75. The van der Waals surface area contributed by atoms with Crippen LogP contribution in [0.25, 0.3) is 0 Å². The molecule has 0 spiro atoms. The molecule has 3 N–H and O–H groups in total. The van der Waals surface area contributed by atoms with Crippen LogP contribution in [0.15, 0.2) is 36.4 Å². The number of nitro groups is 1. The number of amides is 1. The highest BCUT2D eigenvalue weighted by atomic mass is 16.6. The number of anilines is 1. The van der Waals surface area contributed by atoms with Crippen LogP contribution in [-0.4, -0.2) is 24.0 Å². The van der Waals surface area contributed by atoms with Crippen molar-refractivity contribution < 1.29 is 19.2 Å². The molecule has 0 fully saturated rings. The molecule has 0 aromatic heterocycles. The zero-order valence-corrected chi connectivity index (χ0v) is 13.4. The maximum Gasteiger partial charge on any atom is 0.293 e. The molecular formula is C17H17N3O5. The van der Waals surface area contributed by atoms with Gasteiger partial charge in [-0.05, 0) is 29.8 Å². The first-order chi connectivity index (χ1) is 12.0. The summed E-state index contributed by atoms with van der Waals surface area (Å²) in [5.41, 5.74) is 6.25. The molecule has 1 aliphatic rings. The lowest BCUT2D eigenvalue weighted by Gasteiger charge is -2.11. The van der Waals surface area contributed by atoms with Crippen molar-refractivity contribution in [2.75, 3.05) is 18.5 Å². The Balaban J connectivity index is 1.78. The Morgan fingerprint density at radius 1 is 1.16 bits per heavy atom. The van der Waals surface area contributed by atoms with Crippen molar-refractivity contribution in [1.82, 2.24) is 0 Å². The fraction of sp³-hybridized carbons (Fsp3) is 0.235. The van der Waals surface area contributed by atoms with Gasteiger partial charge < -0.3 is 20.5 Å². The van der Waals surface area contributed by atoms with Crippen molar-refractivity contribution in [2.24, 2.45) is 5.73 Å². The van der Waals surface area contributed by atoms with Gasteiger partial charge in [0, 0.05) is 24.6 Å². The molecule has 0 radical (unpaired) electrons. The summed E-state index contributed by atoms with van der Waals surface area (Å²) in [4.78, 5) is 21.8. The summed E-state index contributed by atoms with van der Waals surface area (Å²) in [6, 6.07) is 9.62. The van der Waals surface area contributed by atoms with Crippen LogP contribution in [-0.2, 0) is 6.54 Å². The van der Waals surface area contributed by atoms with Gasteiger partial charge in [-0.25, -0.2) is 0 Å². The molecule has 8 nitrogen and oxygen atoms in total. The Labute approximate surface area is 143 Å². The van der Waals surface area contributed by atoms with E-state index in [1.807, 2.05) is 18.2 Å². The van der Waals surface area contributed by atoms with Gasteiger partial charge in [-0.2, -0.15) is 0 Å². The molecule has 0 saturated carbocycles. The summed E-state index contributed by atoms with van der Waals surface area (Å²) in [6.07, 6.45) is 0.820. The van der Waals surface area contributed by atoms with E-state index in [9.17, 15) is 14.9 Å². The Kier molecular flexibility index (Phi) is 4.69. The average molecular weight is 343 g/mol. The standard InChI is InChI=1S/C17H17N3O5/c18-17(21)12-3-4-13(14(9-12)20(22)23)19-10-11-2-5-15-16(8-11)25-7-1-6-24-15/h2-5,8-9,19H,1,6-7,10H2,(H2,18,21). The molecule has 0 bridgehead atoms. The molecule has 8 heteroatoms. The highest BCUT2D eigenvalue weighted by Gasteiger charge is 2.17. The number of carbonyl (C=O) groups is 1. The molecule has 3 rings (SSSR count). The summed E-state index contributed by atoms with van der Waals surface area (Å²) in [7, 11) is 0. The summed E-state index contributed by atoms with van der Waals surface area (Å²) >= 11 is 0. The first kappa shape index (κ1) is 16.6. The zero-order chi connectivity index (χ0) is 17.8. The van der Waals surface area contributed by atoms with Crippen LogP contribution < -0.4 is 20.5 Å². The van der Waals surface area contributed by atoms with Gasteiger partial charge in [0.05, 0.1) is 18.1 Å². The fourth-order valence-electron chi connectivity index (χ4n) is 2.50. The van der Waals surface area contributed by atoms with Crippen molar-refractivity contribution in [3.8, 4) is 11.5 Å². The number of ether oxygens (including phenoxy) is 2. The Morgan fingerprint density at radius 3 is 2.64 bits per heavy atom. The van der Waals surface area contributed by atoms with Crippen molar-refractivity contribution >= 4 is 17.3 Å². The quantitative estimate of drug-likeness (QED) is 0.636. The van der Waals surface area contributed by atoms with Gasteiger partial charge in [-0.15, -0.1) is 0 Å². The van der Waals surface area contributed by atoms with Crippen LogP contribution in [0.1, 0.15) is 22.3 Å². The number of nitro benzene ring substituents is 1. The van der Waals surface area contributed by atoms with Gasteiger partial charge in [-0.3, -0.25) is 14.9 Å². The molecule has 1 amide bonds. The number of carbonyl (C=O) groups excluding carboxylic acids is 1. The second-order valence-corrected chi connectivity index (χ2v) is 5.54. The lowest BCUT2D eigenvalue weighted by atomic mass is 10.1. The highest BCUT2D eigenvalue weighted by molar-refractivity contribution is 5.94. The van der Waals surface area contributed by atoms with Crippen molar-refractivity contribution in [2.45, 2.75) is 13.0 Å². The predicted molar refractivity (Wildman–Crippen MR) is 91.0 cm³/mol. The number of hydrogen-bond donors (Lipinski definition) is 2. The molecule has 1 heterocycles. The Hall–Kier alpha value is -3.29. The van der Waals surface area contributed by atoms with Crippen molar-refractivity contribution in [1.29, 1.82) is 0 Å².